The van der Waals surface area contributed by atoms with Gasteiger partial charge in [-0.25, -0.2) is 4.79 Å². The number of carboxylic acid groups (broad SMARTS) is 1. The second kappa shape index (κ2) is 5.75. The Morgan fingerprint density at radius 2 is 2.00 bits per heavy atom. The molecular weight excluding hydrogens is 284 g/mol. The highest BCUT2D eigenvalue weighted by atomic mass is 35.5. The molecule has 0 saturated heterocycles. The number of carboxylic acids is 1. The Hall–Kier alpha value is -2.34. The van der Waals surface area contributed by atoms with Gasteiger partial charge in [0.25, 0.3) is 0 Å². The molecule has 0 saturated carbocycles. The molecule has 0 aliphatic heterocycles. The fourth-order valence-electron chi connectivity index (χ4n) is 1.79. The Bertz CT molecular complexity index is 661. The highest BCUT2D eigenvalue weighted by Gasteiger charge is 2.20. The molecule has 0 unspecified atom stereocenters. The molecule has 2 rings (SSSR count). The summed E-state index contributed by atoms with van der Waals surface area (Å²) in [7, 11) is 3.01. The molecule has 2 aromatic rings. The fraction of sp³-hybridized carbons (Fsp3) is 0.154. The molecule has 1 aromatic heterocycles. The molecule has 0 amide bonds. The van der Waals surface area contributed by atoms with Gasteiger partial charge < -0.3 is 14.6 Å². The largest absolute Gasteiger partial charge is 0.497 e. The molecule has 1 aromatic carbocycles. The van der Waals surface area contributed by atoms with Gasteiger partial charge in [-0.1, -0.05) is 11.6 Å². The maximum Gasteiger partial charge on any atom is 0.339 e. The number of rotatable bonds is 4. The van der Waals surface area contributed by atoms with E-state index in [0.717, 1.165) is 0 Å². The first-order valence-corrected chi connectivity index (χ1v) is 5.93. The van der Waals surface area contributed by atoms with E-state index in [4.69, 9.17) is 21.1 Å². The summed E-state index contributed by atoms with van der Waals surface area (Å²) in [5, 5.41) is 16.3. The zero-order chi connectivity index (χ0) is 14.7. The first-order chi connectivity index (χ1) is 9.58. The first kappa shape index (κ1) is 14.1. The molecule has 1 N–H and O–H groups in total. The lowest BCUT2D eigenvalue weighted by molar-refractivity contribution is 0.0697. The molecule has 0 aliphatic carbocycles. The van der Waals surface area contributed by atoms with Crippen LogP contribution in [0.25, 0.3) is 11.1 Å². The first-order valence-electron chi connectivity index (χ1n) is 5.55. The molecule has 20 heavy (non-hydrogen) atoms. The van der Waals surface area contributed by atoms with Gasteiger partial charge in [0.15, 0.2) is 5.15 Å². The number of halogens is 1. The van der Waals surface area contributed by atoms with Crippen LogP contribution in [0.1, 0.15) is 10.4 Å². The summed E-state index contributed by atoms with van der Waals surface area (Å²) in [4.78, 5) is 11.3. The quantitative estimate of drug-likeness (QED) is 0.933. The van der Waals surface area contributed by atoms with Crippen LogP contribution in [0.2, 0.25) is 5.15 Å². The van der Waals surface area contributed by atoms with Crippen LogP contribution < -0.4 is 9.47 Å². The van der Waals surface area contributed by atoms with Gasteiger partial charge >= 0.3 is 5.97 Å². The minimum atomic E-state index is -1.18. The molecule has 6 nitrogen and oxygen atoms in total. The summed E-state index contributed by atoms with van der Waals surface area (Å²) in [5.74, 6) is -0.135. The topological polar surface area (TPSA) is 81.5 Å². The van der Waals surface area contributed by atoms with Crippen molar-refractivity contribution >= 4 is 17.6 Å². The number of hydrogen-bond donors (Lipinski definition) is 1. The third kappa shape index (κ3) is 2.50. The summed E-state index contributed by atoms with van der Waals surface area (Å²) < 4.78 is 10.4. The van der Waals surface area contributed by atoms with E-state index in [2.05, 4.69) is 10.2 Å². The van der Waals surface area contributed by atoms with Crippen molar-refractivity contribution in [1.29, 1.82) is 0 Å². The summed E-state index contributed by atoms with van der Waals surface area (Å²) >= 11 is 5.81. The van der Waals surface area contributed by atoms with Crippen LogP contribution in [0.5, 0.6) is 11.5 Å². The van der Waals surface area contributed by atoms with Crippen LogP contribution in [0.4, 0.5) is 0 Å². The average molecular weight is 295 g/mol. The molecular formula is C13H11ClN2O4. The lowest BCUT2D eigenvalue weighted by atomic mass is 10.0. The maximum atomic E-state index is 11.3. The van der Waals surface area contributed by atoms with Crippen molar-refractivity contribution in [3.8, 4) is 22.6 Å². The van der Waals surface area contributed by atoms with Crippen molar-refractivity contribution in [2.45, 2.75) is 0 Å². The van der Waals surface area contributed by atoms with Crippen molar-refractivity contribution in [2.24, 2.45) is 0 Å². The third-order valence-corrected chi connectivity index (χ3v) is 2.99. The summed E-state index contributed by atoms with van der Waals surface area (Å²) in [6, 6.07) is 5.02. The molecule has 7 heteroatoms. The van der Waals surface area contributed by atoms with E-state index in [0.29, 0.717) is 22.6 Å². The Morgan fingerprint density at radius 3 is 2.60 bits per heavy atom. The van der Waals surface area contributed by atoms with Crippen LogP contribution in [0, 0.1) is 0 Å². The van der Waals surface area contributed by atoms with Crippen LogP contribution in [-0.2, 0) is 0 Å². The van der Waals surface area contributed by atoms with E-state index < -0.39 is 5.97 Å². The van der Waals surface area contributed by atoms with E-state index >= 15 is 0 Å². The molecule has 0 fully saturated rings. The van der Waals surface area contributed by atoms with Crippen LogP contribution in [-0.4, -0.2) is 35.5 Å². The van der Waals surface area contributed by atoms with Crippen LogP contribution in [0.15, 0.2) is 24.4 Å². The SMILES string of the molecule is COc1ccc(-c2cnnc(Cl)c2C(=O)O)c(OC)c1. The Kier molecular flexibility index (Phi) is 4.05. The molecule has 1 heterocycles. The van der Waals surface area contributed by atoms with Crippen LogP contribution in [0.3, 0.4) is 0 Å². The van der Waals surface area contributed by atoms with Gasteiger partial charge in [0, 0.05) is 17.2 Å². The van der Waals surface area contributed by atoms with Gasteiger partial charge in [0.2, 0.25) is 0 Å². The van der Waals surface area contributed by atoms with E-state index in [1.54, 1.807) is 18.2 Å². The summed E-state index contributed by atoms with van der Waals surface area (Å²) in [5.41, 5.74) is 0.754. The average Bonchev–Trinajstić information content (AvgIpc) is 2.45. The number of benzene rings is 1. The van der Waals surface area contributed by atoms with Gasteiger partial charge in [0.1, 0.15) is 17.1 Å². The summed E-state index contributed by atoms with van der Waals surface area (Å²) in [6.45, 7) is 0. The smallest absolute Gasteiger partial charge is 0.339 e. The normalized spacial score (nSPS) is 10.2. The third-order valence-electron chi connectivity index (χ3n) is 2.72. The second-order valence-corrected chi connectivity index (χ2v) is 4.15. The van der Waals surface area contributed by atoms with Gasteiger partial charge in [-0.2, -0.15) is 5.10 Å². The fourth-order valence-corrected chi connectivity index (χ4v) is 2.02. The van der Waals surface area contributed by atoms with Crippen molar-refractivity contribution in [3.63, 3.8) is 0 Å². The standard InChI is InChI=1S/C13H11ClN2O4/c1-19-7-3-4-8(10(5-7)20-2)9-6-15-16-12(14)11(9)13(17)18/h3-6H,1-2H3,(H,17,18). The highest BCUT2D eigenvalue weighted by Crippen LogP contribution is 2.36. The molecule has 104 valence electrons. The van der Waals surface area contributed by atoms with Crippen LogP contribution >= 0.6 is 11.6 Å². The molecule has 0 spiro atoms. The van der Waals surface area contributed by atoms with Crippen molar-refractivity contribution in [2.75, 3.05) is 14.2 Å². The Balaban J connectivity index is 2.68. The number of ether oxygens (including phenoxy) is 2. The maximum absolute atomic E-state index is 11.3. The Labute approximate surface area is 119 Å². The van der Waals surface area contributed by atoms with E-state index in [1.807, 2.05) is 0 Å². The number of methoxy groups -OCH3 is 2. The zero-order valence-corrected chi connectivity index (χ0v) is 11.5. The van der Waals surface area contributed by atoms with E-state index in [9.17, 15) is 9.90 Å². The number of nitrogens with zero attached hydrogens (tertiary/aromatic N) is 2. The number of aromatic nitrogens is 2. The monoisotopic (exact) mass is 294 g/mol. The van der Waals surface area contributed by atoms with Gasteiger partial charge in [0.05, 0.1) is 20.4 Å². The molecule has 0 aliphatic rings. The number of aromatic carboxylic acids is 1. The summed E-state index contributed by atoms with van der Waals surface area (Å²) in [6.07, 6.45) is 1.33. The number of carbonyl (C=O) groups is 1. The van der Waals surface area contributed by atoms with Gasteiger partial charge in [-0.15, -0.1) is 5.10 Å². The Morgan fingerprint density at radius 1 is 1.25 bits per heavy atom. The molecule has 0 radical (unpaired) electrons. The van der Waals surface area contributed by atoms with Crippen molar-refractivity contribution < 1.29 is 19.4 Å². The number of hydrogen-bond acceptors (Lipinski definition) is 5. The highest BCUT2D eigenvalue weighted by molar-refractivity contribution is 6.33. The van der Waals surface area contributed by atoms with Crippen molar-refractivity contribution in [1.82, 2.24) is 10.2 Å². The predicted molar refractivity (Wildman–Crippen MR) is 72.5 cm³/mol. The molecule has 0 bridgehead atoms. The van der Waals surface area contributed by atoms with Crippen molar-refractivity contribution in [3.05, 3.63) is 35.1 Å². The van der Waals surface area contributed by atoms with Gasteiger partial charge in [-0.3, -0.25) is 0 Å². The lowest BCUT2D eigenvalue weighted by Crippen LogP contribution is -2.04. The van der Waals surface area contributed by atoms with Gasteiger partial charge in [-0.05, 0) is 12.1 Å². The zero-order valence-electron chi connectivity index (χ0n) is 10.8. The minimum Gasteiger partial charge on any atom is -0.497 e. The predicted octanol–water partition coefficient (Wildman–Crippen LogP) is 2.51. The van der Waals surface area contributed by atoms with E-state index in [1.165, 1.54) is 20.4 Å². The second-order valence-electron chi connectivity index (χ2n) is 3.80. The molecule has 0 atom stereocenters. The lowest BCUT2D eigenvalue weighted by Gasteiger charge is -2.12. The minimum absolute atomic E-state index is 0.120. The van der Waals surface area contributed by atoms with E-state index in [-0.39, 0.29) is 10.7 Å².